The molecule has 0 radical (unpaired) electrons. The topological polar surface area (TPSA) is 49.6 Å². The highest BCUT2D eigenvalue weighted by atomic mass is 16.2. The molecule has 0 unspecified atom stereocenters. The quantitative estimate of drug-likeness (QED) is 0.627. The van der Waals surface area contributed by atoms with Crippen LogP contribution in [0.3, 0.4) is 0 Å². The Morgan fingerprint density at radius 1 is 1.50 bits per heavy atom. The SMILES string of the molecule is CN(C)C(=O)N1CCC(=CCN)CC1. The van der Waals surface area contributed by atoms with Gasteiger partial charge in [-0.25, -0.2) is 4.79 Å². The van der Waals surface area contributed by atoms with Gasteiger partial charge in [-0.2, -0.15) is 0 Å². The lowest BCUT2D eigenvalue weighted by Crippen LogP contribution is -2.42. The lowest BCUT2D eigenvalue weighted by atomic mass is 10.0. The summed E-state index contributed by atoms with van der Waals surface area (Å²) in [6, 6.07) is 0.108. The van der Waals surface area contributed by atoms with Crippen LogP contribution in [-0.4, -0.2) is 49.6 Å². The molecule has 4 nitrogen and oxygen atoms in total. The van der Waals surface area contributed by atoms with E-state index in [0.29, 0.717) is 6.54 Å². The standard InChI is InChI=1S/C10H19N3O/c1-12(2)10(14)13-7-4-9(3-6-11)5-8-13/h3H,4-8,11H2,1-2H3. The fraction of sp³-hybridized carbons (Fsp3) is 0.700. The summed E-state index contributed by atoms with van der Waals surface area (Å²) >= 11 is 0. The van der Waals surface area contributed by atoms with Gasteiger partial charge < -0.3 is 15.5 Å². The predicted molar refractivity (Wildman–Crippen MR) is 57.0 cm³/mol. The number of urea groups is 1. The largest absolute Gasteiger partial charge is 0.331 e. The molecule has 2 amide bonds. The molecule has 0 saturated carbocycles. The molecule has 1 rings (SSSR count). The van der Waals surface area contributed by atoms with E-state index in [2.05, 4.69) is 6.08 Å². The zero-order valence-electron chi connectivity index (χ0n) is 8.99. The Labute approximate surface area is 85.3 Å². The van der Waals surface area contributed by atoms with Crippen molar-refractivity contribution in [1.29, 1.82) is 0 Å². The van der Waals surface area contributed by atoms with Crippen molar-refractivity contribution in [2.24, 2.45) is 5.73 Å². The van der Waals surface area contributed by atoms with Crippen LogP contribution in [0.2, 0.25) is 0 Å². The Morgan fingerprint density at radius 2 is 2.07 bits per heavy atom. The van der Waals surface area contributed by atoms with Crippen LogP contribution in [0.1, 0.15) is 12.8 Å². The van der Waals surface area contributed by atoms with E-state index in [1.54, 1.807) is 19.0 Å². The van der Waals surface area contributed by atoms with Crippen molar-refractivity contribution >= 4 is 6.03 Å². The van der Waals surface area contributed by atoms with E-state index in [0.717, 1.165) is 25.9 Å². The molecule has 0 atom stereocenters. The van der Waals surface area contributed by atoms with Crippen molar-refractivity contribution in [3.8, 4) is 0 Å². The van der Waals surface area contributed by atoms with Gasteiger partial charge in [-0.3, -0.25) is 0 Å². The number of nitrogens with two attached hydrogens (primary N) is 1. The van der Waals surface area contributed by atoms with Gasteiger partial charge in [0.2, 0.25) is 0 Å². The van der Waals surface area contributed by atoms with Crippen LogP contribution < -0.4 is 5.73 Å². The molecule has 1 heterocycles. The molecule has 0 spiro atoms. The summed E-state index contributed by atoms with van der Waals surface area (Å²) in [5, 5.41) is 0. The van der Waals surface area contributed by atoms with Gasteiger partial charge in [-0.1, -0.05) is 11.6 Å². The molecular weight excluding hydrogens is 178 g/mol. The van der Waals surface area contributed by atoms with Gasteiger partial charge >= 0.3 is 6.03 Å². The van der Waals surface area contributed by atoms with Crippen LogP contribution >= 0.6 is 0 Å². The lowest BCUT2D eigenvalue weighted by molar-refractivity contribution is 0.167. The smallest absolute Gasteiger partial charge is 0.319 e. The number of carbonyl (C=O) groups excluding carboxylic acids is 1. The minimum Gasteiger partial charge on any atom is -0.331 e. The molecule has 1 aliphatic rings. The van der Waals surface area contributed by atoms with E-state index < -0.39 is 0 Å². The highest BCUT2D eigenvalue weighted by molar-refractivity contribution is 5.74. The van der Waals surface area contributed by atoms with Crippen LogP contribution in [0.25, 0.3) is 0 Å². The maximum absolute atomic E-state index is 11.6. The van der Waals surface area contributed by atoms with Gasteiger partial charge in [-0.05, 0) is 12.8 Å². The third-order valence-electron chi connectivity index (χ3n) is 2.47. The predicted octanol–water partition coefficient (Wildman–Crippen LogP) is 0.649. The molecule has 1 fully saturated rings. The van der Waals surface area contributed by atoms with Crippen LogP contribution in [0.5, 0.6) is 0 Å². The minimum absolute atomic E-state index is 0.108. The number of piperidine rings is 1. The van der Waals surface area contributed by atoms with Crippen LogP contribution in [-0.2, 0) is 0 Å². The first-order chi connectivity index (χ1) is 6.65. The summed E-state index contributed by atoms with van der Waals surface area (Å²) in [6.45, 7) is 2.25. The summed E-state index contributed by atoms with van der Waals surface area (Å²) in [7, 11) is 3.57. The van der Waals surface area contributed by atoms with E-state index in [9.17, 15) is 4.79 Å². The molecule has 0 aromatic carbocycles. The van der Waals surface area contributed by atoms with Crippen molar-refractivity contribution in [1.82, 2.24) is 9.80 Å². The highest BCUT2D eigenvalue weighted by Gasteiger charge is 2.19. The molecule has 4 heteroatoms. The lowest BCUT2D eigenvalue weighted by Gasteiger charge is -2.30. The van der Waals surface area contributed by atoms with Crippen molar-refractivity contribution in [3.63, 3.8) is 0 Å². The van der Waals surface area contributed by atoms with Crippen molar-refractivity contribution in [3.05, 3.63) is 11.6 Å². The zero-order chi connectivity index (χ0) is 10.6. The molecule has 1 aliphatic heterocycles. The number of carbonyl (C=O) groups is 1. The Bertz CT molecular complexity index is 226. The van der Waals surface area contributed by atoms with E-state index >= 15 is 0 Å². The van der Waals surface area contributed by atoms with Gasteiger partial charge in [0.05, 0.1) is 0 Å². The van der Waals surface area contributed by atoms with Crippen molar-refractivity contribution in [2.75, 3.05) is 33.7 Å². The third kappa shape index (κ3) is 2.73. The fourth-order valence-corrected chi connectivity index (χ4v) is 1.64. The molecule has 0 aromatic rings. The summed E-state index contributed by atoms with van der Waals surface area (Å²) in [6.07, 6.45) is 4.00. The van der Waals surface area contributed by atoms with Gasteiger partial charge in [0.1, 0.15) is 0 Å². The third-order valence-corrected chi connectivity index (χ3v) is 2.47. The average molecular weight is 197 g/mol. The maximum atomic E-state index is 11.6. The van der Waals surface area contributed by atoms with E-state index in [1.165, 1.54) is 5.57 Å². The number of hydrogen-bond donors (Lipinski definition) is 1. The number of likely N-dealkylation sites (tertiary alicyclic amines) is 1. The number of rotatable bonds is 1. The molecule has 0 aromatic heterocycles. The van der Waals surface area contributed by atoms with Gasteiger partial charge in [0, 0.05) is 33.7 Å². The molecule has 80 valence electrons. The minimum atomic E-state index is 0.108. The summed E-state index contributed by atoms with van der Waals surface area (Å²) in [5.41, 5.74) is 6.82. The van der Waals surface area contributed by atoms with E-state index in [1.807, 2.05) is 4.90 Å². The second kappa shape index (κ2) is 5.00. The molecule has 14 heavy (non-hydrogen) atoms. The number of amides is 2. The Hall–Kier alpha value is -1.03. The van der Waals surface area contributed by atoms with Crippen molar-refractivity contribution in [2.45, 2.75) is 12.8 Å². The second-order valence-corrected chi connectivity index (χ2v) is 3.76. The Morgan fingerprint density at radius 3 is 2.50 bits per heavy atom. The normalized spacial score (nSPS) is 16.8. The Balaban J connectivity index is 2.43. The number of hydrogen-bond acceptors (Lipinski definition) is 2. The maximum Gasteiger partial charge on any atom is 0.319 e. The number of nitrogens with zero attached hydrogens (tertiary/aromatic N) is 2. The first-order valence-electron chi connectivity index (χ1n) is 4.99. The monoisotopic (exact) mass is 197 g/mol. The second-order valence-electron chi connectivity index (χ2n) is 3.76. The molecule has 1 saturated heterocycles. The Kier molecular flexibility index (Phi) is 3.95. The summed E-state index contributed by atoms with van der Waals surface area (Å²) in [4.78, 5) is 15.1. The van der Waals surface area contributed by atoms with Crippen molar-refractivity contribution < 1.29 is 4.79 Å². The van der Waals surface area contributed by atoms with Gasteiger partial charge in [0.15, 0.2) is 0 Å². The van der Waals surface area contributed by atoms with Crippen LogP contribution in [0, 0.1) is 0 Å². The highest BCUT2D eigenvalue weighted by Crippen LogP contribution is 2.16. The average Bonchev–Trinajstić information content (AvgIpc) is 2.18. The van der Waals surface area contributed by atoms with Gasteiger partial charge in [-0.15, -0.1) is 0 Å². The summed E-state index contributed by atoms with van der Waals surface area (Å²) in [5.74, 6) is 0. The summed E-state index contributed by atoms with van der Waals surface area (Å²) < 4.78 is 0. The fourth-order valence-electron chi connectivity index (χ4n) is 1.64. The molecular formula is C10H19N3O. The molecule has 0 aliphatic carbocycles. The zero-order valence-corrected chi connectivity index (χ0v) is 8.99. The van der Waals surface area contributed by atoms with Gasteiger partial charge in [0.25, 0.3) is 0 Å². The first-order valence-corrected chi connectivity index (χ1v) is 4.99. The molecule has 2 N–H and O–H groups in total. The molecule has 0 bridgehead atoms. The van der Waals surface area contributed by atoms with Crippen LogP contribution in [0.15, 0.2) is 11.6 Å². The van der Waals surface area contributed by atoms with E-state index in [-0.39, 0.29) is 6.03 Å². The van der Waals surface area contributed by atoms with Crippen LogP contribution in [0.4, 0.5) is 4.79 Å². The first kappa shape index (κ1) is 11.0. The van der Waals surface area contributed by atoms with E-state index in [4.69, 9.17) is 5.73 Å².